The van der Waals surface area contributed by atoms with Gasteiger partial charge in [-0.3, -0.25) is 4.79 Å². The number of hydrogen-bond acceptors (Lipinski definition) is 3. The number of nitrogens with one attached hydrogen (secondary N) is 1. The van der Waals surface area contributed by atoms with Gasteiger partial charge in [-0.05, 0) is 72.0 Å². The average molecular weight is 430 g/mol. The molecule has 0 aromatic heterocycles. The zero-order valence-electron chi connectivity index (χ0n) is 11.7. The number of ether oxygens (including phenoxy) is 1. The maximum Gasteiger partial charge on any atom is 0.338 e. The molecule has 0 atom stereocenters. The molecule has 2 aromatic rings. The molecule has 0 spiro atoms. The molecule has 0 saturated heterocycles. The summed E-state index contributed by atoms with van der Waals surface area (Å²) in [5.74, 6) is -0.687. The van der Waals surface area contributed by atoms with Crippen LogP contribution in [-0.2, 0) is 4.74 Å². The van der Waals surface area contributed by atoms with Gasteiger partial charge in [-0.2, -0.15) is 0 Å². The first kappa shape index (κ1) is 16.8. The van der Waals surface area contributed by atoms with Crippen LogP contribution >= 0.6 is 34.2 Å². The summed E-state index contributed by atoms with van der Waals surface area (Å²) in [5, 5.41) is 3.14. The van der Waals surface area contributed by atoms with Crippen LogP contribution in [-0.4, -0.2) is 18.5 Å². The SMILES string of the molecule is CCOC(=O)c1ccc(NC(=O)c2cc(I)ccc2Cl)cc1. The second-order valence-corrected chi connectivity index (χ2v) is 6.03. The molecule has 0 fully saturated rings. The Labute approximate surface area is 146 Å². The van der Waals surface area contributed by atoms with Crippen molar-refractivity contribution in [3.8, 4) is 0 Å². The molecule has 0 bridgehead atoms. The van der Waals surface area contributed by atoms with Crippen molar-refractivity contribution >= 4 is 51.8 Å². The number of carbonyl (C=O) groups excluding carboxylic acids is 2. The highest BCUT2D eigenvalue weighted by Gasteiger charge is 2.12. The first-order chi connectivity index (χ1) is 10.5. The van der Waals surface area contributed by atoms with Gasteiger partial charge < -0.3 is 10.1 Å². The van der Waals surface area contributed by atoms with E-state index >= 15 is 0 Å². The molecule has 114 valence electrons. The van der Waals surface area contributed by atoms with Gasteiger partial charge in [-0.25, -0.2) is 4.79 Å². The molecule has 0 unspecified atom stereocenters. The van der Waals surface area contributed by atoms with Crippen LogP contribution in [0, 0.1) is 3.57 Å². The first-order valence-corrected chi connectivity index (χ1v) is 8.00. The second kappa shape index (κ2) is 7.60. The Kier molecular flexibility index (Phi) is 5.79. The van der Waals surface area contributed by atoms with Crippen molar-refractivity contribution in [1.82, 2.24) is 0 Å². The lowest BCUT2D eigenvalue weighted by molar-refractivity contribution is 0.0526. The summed E-state index contributed by atoms with van der Waals surface area (Å²) >= 11 is 8.15. The van der Waals surface area contributed by atoms with Crippen LogP contribution in [0.2, 0.25) is 5.02 Å². The maximum atomic E-state index is 12.2. The van der Waals surface area contributed by atoms with Crippen LogP contribution in [0.4, 0.5) is 5.69 Å². The molecule has 1 amide bonds. The number of rotatable bonds is 4. The van der Waals surface area contributed by atoms with Gasteiger partial charge in [0.1, 0.15) is 0 Å². The van der Waals surface area contributed by atoms with Crippen LogP contribution in [0.5, 0.6) is 0 Å². The fourth-order valence-electron chi connectivity index (χ4n) is 1.77. The average Bonchev–Trinajstić information content (AvgIpc) is 2.50. The standard InChI is InChI=1S/C16H13ClINO3/c1-2-22-16(21)10-3-6-12(7-4-10)19-15(20)13-9-11(18)5-8-14(13)17/h3-9H,2H2,1H3,(H,19,20). The first-order valence-electron chi connectivity index (χ1n) is 6.55. The fraction of sp³-hybridized carbons (Fsp3) is 0.125. The molecule has 2 aromatic carbocycles. The predicted octanol–water partition coefficient (Wildman–Crippen LogP) is 4.37. The summed E-state index contributed by atoms with van der Waals surface area (Å²) < 4.78 is 5.82. The highest BCUT2D eigenvalue weighted by Crippen LogP contribution is 2.20. The summed E-state index contributed by atoms with van der Waals surface area (Å²) in [6, 6.07) is 11.7. The van der Waals surface area contributed by atoms with Gasteiger partial charge in [-0.15, -0.1) is 0 Å². The van der Waals surface area contributed by atoms with Crippen molar-refractivity contribution in [2.45, 2.75) is 6.92 Å². The van der Waals surface area contributed by atoms with E-state index in [1.807, 2.05) is 6.07 Å². The van der Waals surface area contributed by atoms with Crippen LogP contribution in [0.1, 0.15) is 27.6 Å². The molecular formula is C16H13ClINO3. The van der Waals surface area contributed by atoms with Crippen LogP contribution in [0.3, 0.4) is 0 Å². The molecule has 6 heteroatoms. The molecule has 0 aliphatic carbocycles. The summed E-state index contributed by atoms with van der Waals surface area (Å²) in [7, 11) is 0. The third-order valence-corrected chi connectivity index (χ3v) is 3.83. The number of carbonyl (C=O) groups is 2. The summed E-state index contributed by atoms with van der Waals surface area (Å²) in [6.45, 7) is 2.07. The summed E-state index contributed by atoms with van der Waals surface area (Å²) in [4.78, 5) is 23.8. The van der Waals surface area contributed by atoms with E-state index in [0.717, 1.165) is 3.57 Å². The van der Waals surface area contributed by atoms with E-state index in [2.05, 4.69) is 27.9 Å². The Bertz CT molecular complexity index is 701. The van der Waals surface area contributed by atoms with E-state index < -0.39 is 0 Å². The number of hydrogen-bond donors (Lipinski definition) is 1. The van der Waals surface area contributed by atoms with E-state index in [1.54, 1.807) is 43.3 Å². The van der Waals surface area contributed by atoms with Crippen molar-refractivity contribution in [1.29, 1.82) is 0 Å². The van der Waals surface area contributed by atoms with Crippen molar-refractivity contribution in [2.24, 2.45) is 0 Å². The van der Waals surface area contributed by atoms with Crippen molar-refractivity contribution < 1.29 is 14.3 Å². The lowest BCUT2D eigenvalue weighted by Gasteiger charge is -2.08. The maximum absolute atomic E-state index is 12.2. The van der Waals surface area contributed by atoms with Gasteiger partial charge in [0.2, 0.25) is 0 Å². The van der Waals surface area contributed by atoms with Gasteiger partial charge >= 0.3 is 5.97 Å². The van der Waals surface area contributed by atoms with E-state index in [0.29, 0.717) is 28.4 Å². The van der Waals surface area contributed by atoms with E-state index in [9.17, 15) is 9.59 Å². The molecule has 0 radical (unpaired) electrons. The van der Waals surface area contributed by atoms with Crippen LogP contribution in [0.25, 0.3) is 0 Å². The third-order valence-electron chi connectivity index (χ3n) is 2.83. The van der Waals surface area contributed by atoms with E-state index in [1.165, 1.54) is 0 Å². The lowest BCUT2D eigenvalue weighted by Crippen LogP contribution is -2.13. The number of amides is 1. The Hall–Kier alpha value is -1.60. The molecule has 2 rings (SSSR count). The van der Waals surface area contributed by atoms with Crippen molar-refractivity contribution in [2.75, 3.05) is 11.9 Å². The van der Waals surface area contributed by atoms with Crippen LogP contribution in [0.15, 0.2) is 42.5 Å². The minimum Gasteiger partial charge on any atom is -0.462 e. The highest BCUT2D eigenvalue weighted by molar-refractivity contribution is 14.1. The Balaban J connectivity index is 2.12. The third kappa shape index (κ3) is 4.20. The van der Waals surface area contributed by atoms with Gasteiger partial charge in [0.15, 0.2) is 0 Å². The van der Waals surface area contributed by atoms with Gasteiger partial charge in [0, 0.05) is 9.26 Å². The van der Waals surface area contributed by atoms with E-state index in [4.69, 9.17) is 16.3 Å². The Morgan fingerprint density at radius 3 is 2.50 bits per heavy atom. The number of benzene rings is 2. The largest absolute Gasteiger partial charge is 0.462 e. The zero-order valence-corrected chi connectivity index (χ0v) is 14.6. The second-order valence-electron chi connectivity index (χ2n) is 4.38. The normalized spacial score (nSPS) is 10.1. The minimum atomic E-state index is -0.388. The molecule has 1 N–H and O–H groups in total. The molecule has 0 heterocycles. The molecule has 4 nitrogen and oxygen atoms in total. The lowest BCUT2D eigenvalue weighted by atomic mass is 10.2. The molecule has 0 aliphatic rings. The monoisotopic (exact) mass is 429 g/mol. The summed E-state index contributed by atoms with van der Waals surface area (Å²) in [6.07, 6.45) is 0. The molecule has 0 aliphatic heterocycles. The number of halogens is 2. The number of esters is 1. The van der Waals surface area contributed by atoms with Crippen molar-refractivity contribution in [3.63, 3.8) is 0 Å². The van der Waals surface area contributed by atoms with E-state index in [-0.39, 0.29) is 11.9 Å². The minimum absolute atomic E-state index is 0.299. The zero-order chi connectivity index (χ0) is 16.1. The fourth-order valence-corrected chi connectivity index (χ4v) is 2.47. The van der Waals surface area contributed by atoms with Crippen molar-refractivity contribution in [3.05, 3.63) is 62.2 Å². The van der Waals surface area contributed by atoms with Crippen LogP contribution < -0.4 is 5.32 Å². The smallest absolute Gasteiger partial charge is 0.338 e. The Morgan fingerprint density at radius 2 is 1.86 bits per heavy atom. The summed E-state index contributed by atoms with van der Waals surface area (Å²) in [5.41, 5.74) is 1.42. The Morgan fingerprint density at radius 1 is 1.18 bits per heavy atom. The highest BCUT2D eigenvalue weighted by atomic mass is 127. The molecular weight excluding hydrogens is 417 g/mol. The topological polar surface area (TPSA) is 55.4 Å². The quantitative estimate of drug-likeness (QED) is 0.580. The molecule has 0 saturated carbocycles. The van der Waals surface area contributed by atoms with Gasteiger partial charge in [0.25, 0.3) is 5.91 Å². The van der Waals surface area contributed by atoms with Gasteiger partial charge in [-0.1, -0.05) is 11.6 Å². The van der Waals surface area contributed by atoms with Gasteiger partial charge in [0.05, 0.1) is 22.8 Å². The predicted molar refractivity (Wildman–Crippen MR) is 94.5 cm³/mol. The molecule has 22 heavy (non-hydrogen) atoms. The number of anilines is 1.